The Morgan fingerprint density at radius 1 is 1.14 bits per heavy atom. The maximum Gasteiger partial charge on any atom is 0.220 e. The predicted octanol–water partition coefficient (Wildman–Crippen LogP) is -0.0158. The number of benzene rings is 1. The van der Waals surface area contributed by atoms with Crippen LogP contribution < -0.4 is 11.2 Å². The highest BCUT2D eigenvalue weighted by molar-refractivity contribution is 6.35. The van der Waals surface area contributed by atoms with Crippen LogP contribution in [0.5, 0.6) is 0 Å². The van der Waals surface area contributed by atoms with Gasteiger partial charge in [0, 0.05) is 6.20 Å². The van der Waals surface area contributed by atoms with Gasteiger partial charge in [0.1, 0.15) is 7.85 Å². The van der Waals surface area contributed by atoms with Crippen molar-refractivity contribution in [2.75, 3.05) is 5.73 Å². The molecular formula is C10H10BN3. The molecule has 0 amide bonds. The highest BCUT2D eigenvalue weighted by Gasteiger charge is 2.03. The smallest absolute Gasteiger partial charge is 0.220 e. The second-order valence-electron chi connectivity index (χ2n) is 3.13. The minimum absolute atomic E-state index is 0.314. The van der Waals surface area contributed by atoms with Crippen molar-refractivity contribution < 1.29 is 0 Å². The molecule has 1 heterocycles. The SMILES string of the molecule is Bc1cnc(N)nc1-c1ccccc1. The average molecular weight is 183 g/mol. The Morgan fingerprint density at radius 2 is 1.86 bits per heavy atom. The van der Waals surface area contributed by atoms with Gasteiger partial charge in [-0.05, 0) is 11.0 Å². The van der Waals surface area contributed by atoms with E-state index in [4.69, 9.17) is 5.73 Å². The van der Waals surface area contributed by atoms with Gasteiger partial charge in [0.25, 0.3) is 0 Å². The van der Waals surface area contributed by atoms with Crippen LogP contribution in [0.15, 0.2) is 36.5 Å². The molecule has 2 N–H and O–H groups in total. The van der Waals surface area contributed by atoms with E-state index in [2.05, 4.69) is 9.97 Å². The van der Waals surface area contributed by atoms with Crippen LogP contribution in [0.2, 0.25) is 0 Å². The lowest BCUT2D eigenvalue weighted by atomic mass is 9.93. The van der Waals surface area contributed by atoms with Gasteiger partial charge in [0.15, 0.2) is 0 Å². The molecule has 0 aliphatic heterocycles. The van der Waals surface area contributed by atoms with E-state index in [9.17, 15) is 0 Å². The first-order valence-corrected chi connectivity index (χ1v) is 4.42. The van der Waals surface area contributed by atoms with E-state index in [-0.39, 0.29) is 0 Å². The summed E-state index contributed by atoms with van der Waals surface area (Å²) in [5.74, 6) is 0.314. The number of nitrogens with zero attached hydrogens (tertiary/aromatic N) is 2. The second-order valence-corrected chi connectivity index (χ2v) is 3.13. The average Bonchev–Trinajstić information content (AvgIpc) is 2.23. The maximum absolute atomic E-state index is 5.54. The molecule has 0 radical (unpaired) electrons. The van der Waals surface area contributed by atoms with E-state index in [1.54, 1.807) is 6.20 Å². The van der Waals surface area contributed by atoms with Crippen LogP contribution in [0.25, 0.3) is 11.3 Å². The van der Waals surface area contributed by atoms with Gasteiger partial charge >= 0.3 is 0 Å². The number of hydrogen-bond donors (Lipinski definition) is 1. The van der Waals surface area contributed by atoms with Crippen molar-refractivity contribution in [1.29, 1.82) is 0 Å². The number of rotatable bonds is 1. The molecule has 68 valence electrons. The Hall–Kier alpha value is -1.84. The number of nitrogen functional groups attached to an aromatic ring is 1. The largest absolute Gasteiger partial charge is 0.368 e. The zero-order valence-electron chi connectivity index (χ0n) is 7.94. The van der Waals surface area contributed by atoms with E-state index in [0.29, 0.717) is 5.95 Å². The van der Waals surface area contributed by atoms with Gasteiger partial charge < -0.3 is 5.73 Å². The van der Waals surface area contributed by atoms with Crippen LogP contribution in [-0.2, 0) is 0 Å². The summed E-state index contributed by atoms with van der Waals surface area (Å²) in [4.78, 5) is 8.14. The Kier molecular flexibility index (Phi) is 2.19. The maximum atomic E-state index is 5.54. The second kappa shape index (κ2) is 3.50. The van der Waals surface area contributed by atoms with Gasteiger partial charge in [0.2, 0.25) is 5.95 Å². The van der Waals surface area contributed by atoms with Gasteiger partial charge in [0.05, 0.1) is 5.69 Å². The van der Waals surface area contributed by atoms with Gasteiger partial charge in [-0.3, -0.25) is 0 Å². The third-order valence-electron chi connectivity index (χ3n) is 2.04. The van der Waals surface area contributed by atoms with Crippen molar-refractivity contribution in [3.05, 3.63) is 36.5 Å². The van der Waals surface area contributed by atoms with Crippen LogP contribution in [0, 0.1) is 0 Å². The molecule has 0 atom stereocenters. The molecule has 2 aromatic rings. The minimum atomic E-state index is 0.314. The lowest BCUT2D eigenvalue weighted by Gasteiger charge is -2.04. The molecule has 0 aliphatic carbocycles. The molecule has 0 spiro atoms. The molecule has 3 nitrogen and oxygen atoms in total. The molecule has 4 heteroatoms. The van der Waals surface area contributed by atoms with E-state index in [1.165, 1.54) is 0 Å². The summed E-state index contributed by atoms with van der Waals surface area (Å²) in [5.41, 5.74) is 8.55. The minimum Gasteiger partial charge on any atom is -0.368 e. The monoisotopic (exact) mass is 183 g/mol. The molecule has 2 rings (SSSR count). The third kappa shape index (κ3) is 1.59. The van der Waals surface area contributed by atoms with E-state index >= 15 is 0 Å². The molecule has 0 unspecified atom stereocenters. The predicted molar refractivity (Wildman–Crippen MR) is 60.1 cm³/mol. The number of nitrogens with two attached hydrogens (primary N) is 1. The first kappa shape index (κ1) is 8.75. The first-order chi connectivity index (χ1) is 6.77. The van der Waals surface area contributed by atoms with Gasteiger partial charge in [-0.1, -0.05) is 30.3 Å². The molecule has 14 heavy (non-hydrogen) atoms. The summed E-state index contributed by atoms with van der Waals surface area (Å²) in [5, 5.41) is 0. The van der Waals surface area contributed by atoms with E-state index < -0.39 is 0 Å². The Bertz CT molecular complexity index is 442. The van der Waals surface area contributed by atoms with Crippen molar-refractivity contribution in [2.24, 2.45) is 0 Å². The Morgan fingerprint density at radius 3 is 2.57 bits per heavy atom. The van der Waals surface area contributed by atoms with Crippen LogP contribution in [-0.4, -0.2) is 17.8 Å². The summed E-state index contributed by atoms with van der Waals surface area (Å²) < 4.78 is 0. The quantitative estimate of drug-likeness (QED) is 0.632. The topological polar surface area (TPSA) is 51.8 Å². The standard InChI is InChI=1S/C10H10BN3/c11-8-6-13-10(12)14-9(8)7-4-2-1-3-5-7/h1-6H,11H2,(H2,12,13,14). The van der Waals surface area contributed by atoms with E-state index in [1.807, 2.05) is 38.2 Å². The molecule has 0 bridgehead atoms. The fourth-order valence-corrected chi connectivity index (χ4v) is 1.34. The lowest BCUT2D eigenvalue weighted by molar-refractivity contribution is 1.21. The fourth-order valence-electron chi connectivity index (χ4n) is 1.34. The molecule has 0 fully saturated rings. The Balaban J connectivity index is 2.57. The zero-order valence-corrected chi connectivity index (χ0v) is 7.94. The van der Waals surface area contributed by atoms with Crippen molar-refractivity contribution in [3.63, 3.8) is 0 Å². The molecule has 1 aromatic heterocycles. The van der Waals surface area contributed by atoms with Gasteiger partial charge in [-0.15, -0.1) is 0 Å². The number of aromatic nitrogens is 2. The lowest BCUT2D eigenvalue weighted by Crippen LogP contribution is -2.12. The van der Waals surface area contributed by atoms with Crippen LogP contribution >= 0.6 is 0 Å². The zero-order chi connectivity index (χ0) is 9.97. The number of hydrogen-bond acceptors (Lipinski definition) is 3. The molecule has 0 saturated carbocycles. The summed E-state index contributed by atoms with van der Waals surface area (Å²) in [6.45, 7) is 0. The normalized spacial score (nSPS) is 10.0. The molecule has 0 saturated heterocycles. The molecule has 1 aromatic carbocycles. The third-order valence-corrected chi connectivity index (χ3v) is 2.04. The van der Waals surface area contributed by atoms with Crippen molar-refractivity contribution in [1.82, 2.24) is 9.97 Å². The van der Waals surface area contributed by atoms with E-state index in [0.717, 1.165) is 16.7 Å². The van der Waals surface area contributed by atoms with Gasteiger partial charge in [-0.2, -0.15) is 0 Å². The number of anilines is 1. The van der Waals surface area contributed by atoms with Crippen molar-refractivity contribution in [3.8, 4) is 11.3 Å². The fraction of sp³-hybridized carbons (Fsp3) is 0. The highest BCUT2D eigenvalue weighted by atomic mass is 15.0. The molecular weight excluding hydrogens is 173 g/mol. The summed E-state index contributed by atoms with van der Waals surface area (Å²) in [7, 11) is 1.97. The van der Waals surface area contributed by atoms with Crippen LogP contribution in [0.3, 0.4) is 0 Å². The summed E-state index contributed by atoms with van der Waals surface area (Å²) in [6, 6.07) is 9.95. The molecule has 0 aliphatic rings. The van der Waals surface area contributed by atoms with Crippen molar-refractivity contribution in [2.45, 2.75) is 0 Å². The van der Waals surface area contributed by atoms with Gasteiger partial charge in [-0.25, -0.2) is 9.97 Å². The van der Waals surface area contributed by atoms with Crippen LogP contribution in [0.1, 0.15) is 0 Å². The van der Waals surface area contributed by atoms with Crippen molar-refractivity contribution >= 4 is 19.3 Å². The summed E-state index contributed by atoms with van der Waals surface area (Å²) in [6.07, 6.45) is 1.74. The Labute approximate surface area is 83.4 Å². The van der Waals surface area contributed by atoms with Crippen LogP contribution in [0.4, 0.5) is 5.95 Å². The first-order valence-electron chi connectivity index (χ1n) is 4.42. The summed E-state index contributed by atoms with van der Waals surface area (Å²) >= 11 is 0. The highest BCUT2D eigenvalue weighted by Crippen LogP contribution is 2.13.